The van der Waals surface area contributed by atoms with Crippen LogP contribution < -0.4 is 4.57 Å². The van der Waals surface area contributed by atoms with Crippen molar-refractivity contribution in [2.24, 2.45) is 4.99 Å². The van der Waals surface area contributed by atoms with Crippen LogP contribution in [0.3, 0.4) is 0 Å². The van der Waals surface area contributed by atoms with E-state index in [1.165, 1.54) is 11.9 Å². The smallest absolute Gasteiger partial charge is 0.270 e. The van der Waals surface area contributed by atoms with Gasteiger partial charge < -0.3 is 0 Å². The highest BCUT2D eigenvalue weighted by atomic mass is 35.5. The SMILES string of the molecule is Cc1c(C)[n+]2c(n1-c1ccc(Cl)cc1)N=C1C2C(=O)N(C)C(=O)N1C. The van der Waals surface area contributed by atoms with Gasteiger partial charge in [0.25, 0.3) is 5.91 Å². The van der Waals surface area contributed by atoms with Gasteiger partial charge in [0, 0.05) is 19.1 Å². The standard InChI is InChI=1S/C17H17ClN5O2/c1-9-10(2)23-13-14(20(3)17(25)21(4)15(13)24)19-16(23)22(9)12-7-5-11(18)6-8-12/h5-8,13H,1-4H3/q+1. The summed E-state index contributed by atoms with van der Waals surface area (Å²) in [5.74, 6) is 0.802. The number of carbonyl (C=O) groups excluding carboxylic acids is 2. The molecular formula is C17H17ClN5O2+. The number of amides is 3. The van der Waals surface area contributed by atoms with Crippen molar-refractivity contribution in [1.82, 2.24) is 14.4 Å². The molecule has 8 heteroatoms. The Morgan fingerprint density at radius 3 is 2.36 bits per heavy atom. The largest absolute Gasteiger partial charge is 0.407 e. The van der Waals surface area contributed by atoms with Crippen molar-refractivity contribution in [3.05, 3.63) is 40.7 Å². The van der Waals surface area contributed by atoms with Gasteiger partial charge in [-0.25, -0.2) is 9.36 Å². The molecule has 25 heavy (non-hydrogen) atoms. The highest BCUT2D eigenvalue weighted by Gasteiger charge is 2.53. The molecule has 1 aromatic carbocycles. The number of hydrogen-bond acceptors (Lipinski definition) is 3. The van der Waals surface area contributed by atoms with Crippen LogP contribution in [0.4, 0.5) is 10.7 Å². The van der Waals surface area contributed by atoms with Crippen LogP contribution in [0.5, 0.6) is 0 Å². The van der Waals surface area contributed by atoms with Gasteiger partial charge in [-0.3, -0.25) is 14.6 Å². The highest BCUT2D eigenvalue weighted by Crippen LogP contribution is 2.32. The van der Waals surface area contributed by atoms with Crippen LogP contribution in [0.15, 0.2) is 29.3 Å². The van der Waals surface area contributed by atoms with Crippen LogP contribution in [-0.4, -0.2) is 46.2 Å². The second-order valence-electron chi connectivity index (χ2n) is 6.26. The number of hydrogen-bond donors (Lipinski definition) is 0. The second kappa shape index (κ2) is 5.16. The summed E-state index contributed by atoms with van der Waals surface area (Å²) >= 11 is 5.99. The lowest BCUT2D eigenvalue weighted by Gasteiger charge is -2.30. The number of nitrogens with zero attached hydrogens (tertiary/aromatic N) is 5. The molecule has 1 atom stereocenters. The summed E-state index contributed by atoms with van der Waals surface area (Å²) in [7, 11) is 3.13. The topological polar surface area (TPSA) is 61.8 Å². The first-order chi connectivity index (χ1) is 11.8. The number of aromatic nitrogens is 2. The molecule has 3 amide bonds. The Kier molecular flexibility index (Phi) is 3.27. The zero-order valence-electron chi connectivity index (χ0n) is 14.3. The van der Waals surface area contributed by atoms with E-state index in [2.05, 4.69) is 4.99 Å². The fraction of sp³-hybridized carbons (Fsp3) is 0.294. The fourth-order valence-corrected chi connectivity index (χ4v) is 3.54. The van der Waals surface area contributed by atoms with E-state index in [-0.39, 0.29) is 11.9 Å². The average molecular weight is 359 g/mol. The number of urea groups is 1. The summed E-state index contributed by atoms with van der Waals surface area (Å²) in [6, 6.07) is 6.44. The molecule has 3 heterocycles. The number of fused-ring (bicyclic) bond motifs is 3. The van der Waals surface area contributed by atoms with E-state index in [9.17, 15) is 9.59 Å². The zero-order valence-corrected chi connectivity index (χ0v) is 15.1. The van der Waals surface area contributed by atoms with E-state index in [0.29, 0.717) is 16.8 Å². The number of imidazole rings is 1. The molecule has 7 nitrogen and oxygen atoms in total. The van der Waals surface area contributed by atoms with E-state index in [1.807, 2.05) is 47.2 Å². The maximum absolute atomic E-state index is 12.7. The molecule has 0 saturated carbocycles. The van der Waals surface area contributed by atoms with Crippen LogP contribution in [0.2, 0.25) is 5.02 Å². The van der Waals surface area contributed by atoms with Crippen molar-refractivity contribution >= 4 is 35.3 Å². The minimum Gasteiger partial charge on any atom is -0.270 e. The lowest BCUT2D eigenvalue weighted by Crippen LogP contribution is -2.62. The fourth-order valence-electron chi connectivity index (χ4n) is 3.42. The molecule has 1 saturated heterocycles. The first-order valence-corrected chi connectivity index (χ1v) is 8.24. The maximum atomic E-state index is 12.7. The Bertz CT molecular complexity index is 960. The Morgan fingerprint density at radius 2 is 1.72 bits per heavy atom. The molecule has 4 rings (SSSR count). The first-order valence-electron chi connectivity index (χ1n) is 7.86. The minimum absolute atomic E-state index is 0.276. The normalized spacial score (nSPS) is 19.2. The van der Waals surface area contributed by atoms with Crippen LogP contribution in [0.1, 0.15) is 17.4 Å². The van der Waals surface area contributed by atoms with Gasteiger partial charge in [0.2, 0.25) is 11.9 Å². The van der Waals surface area contributed by atoms with Crippen molar-refractivity contribution in [2.45, 2.75) is 19.9 Å². The molecule has 128 valence electrons. The molecular weight excluding hydrogens is 342 g/mol. The Balaban J connectivity index is 1.96. The van der Waals surface area contributed by atoms with Crippen LogP contribution in [-0.2, 0) is 4.79 Å². The molecule has 1 aromatic heterocycles. The van der Waals surface area contributed by atoms with Gasteiger partial charge in [-0.2, -0.15) is 4.57 Å². The second-order valence-corrected chi connectivity index (χ2v) is 6.70. The summed E-state index contributed by atoms with van der Waals surface area (Å²) in [6.45, 7) is 3.93. The van der Waals surface area contributed by atoms with Crippen molar-refractivity contribution in [3.63, 3.8) is 0 Å². The number of halogens is 1. The van der Waals surface area contributed by atoms with Crippen molar-refractivity contribution < 1.29 is 14.2 Å². The molecule has 0 N–H and O–H groups in total. The number of benzene rings is 1. The lowest BCUT2D eigenvalue weighted by molar-refractivity contribution is -0.682. The van der Waals surface area contributed by atoms with Gasteiger partial charge in [-0.15, -0.1) is 0 Å². The van der Waals surface area contributed by atoms with Gasteiger partial charge in [0.1, 0.15) is 17.1 Å². The summed E-state index contributed by atoms with van der Waals surface area (Å²) in [5.41, 5.74) is 2.81. The third-order valence-corrected chi connectivity index (χ3v) is 5.17. The third-order valence-electron chi connectivity index (χ3n) is 4.92. The summed E-state index contributed by atoms with van der Waals surface area (Å²) in [4.78, 5) is 32.2. The average Bonchev–Trinajstić information content (AvgIpc) is 3.09. The minimum atomic E-state index is -0.616. The van der Waals surface area contributed by atoms with Gasteiger partial charge in [0.15, 0.2) is 0 Å². The number of amidine groups is 1. The molecule has 0 aliphatic carbocycles. The number of likely N-dealkylation sites (N-methyl/N-ethyl adjacent to an activating group) is 2. The lowest BCUT2D eigenvalue weighted by atomic mass is 10.1. The van der Waals surface area contributed by atoms with E-state index in [4.69, 9.17) is 11.6 Å². The predicted molar refractivity (Wildman–Crippen MR) is 92.5 cm³/mol. The predicted octanol–water partition coefficient (Wildman–Crippen LogP) is 2.14. The molecule has 1 unspecified atom stereocenters. The van der Waals surface area contributed by atoms with Gasteiger partial charge >= 0.3 is 12.0 Å². The Morgan fingerprint density at radius 1 is 1.08 bits per heavy atom. The molecule has 2 aliphatic heterocycles. The third kappa shape index (κ3) is 1.99. The van der Waals surface area contributed by atoms with E-state index >= 15 is 0 Å². The molecule has 0 bridgehead atoms. The van der Waals surface area contributed by atoms with Crippen molar-refractivity contribution in [2.75, 3.05) is 14.1 Å². The van der Waals surface area contributed by atoms with Crippen LogP contribution >= 0.6 is 11.6 Å². The summed E-state index contributed by atoms with van der Waals surface area (Å²) in [6.07, 6.45) is 0. The monoisotopic (exact) mass is 358 g/mol. The number of aliphatic imine (C=N–C) groups is 1. The number of rotatable bonds is 1. The summed E-state index contributed by atoms with van der Waals surface area (Å²) in [5, 5.41) is 0.650. The Hall–Kier alpha value is -2.67. The number of carbonyl (C=O) groups is 2. The Labute approximate surface area is 149 Å². The summed E-state index contributed by atoms with van der Waals surface area (Å²) < 4.78 is 3.86. The number of imide groups is 1. The molecule has 0 radical (unpaired) electrons. The van der Waals surface area contributed by atoms with E-state index in [0.717, 1.165) is 22.0 Å². The van der Waals surface area contributed by atoms with E-state index < -0.39 is 6.04 Å². The van der Waals surface area contributed by atoms with E-state index in [1.54, 1.807) is 7.05 Å². The van der Waals surface area contributed by atoms with Crippen LogP contribution in [0.25, 0.3) is 5.69 Å². The molecule has 1 fully saturated rings. The van der Waals surface area contributed by atoms with Crippen molar-refractivity contribution in [3.8, 4) is 5.69 Å². The van der Waals surface area contributed by atoms with Gasteiger partial charge in [-0.05, 0) is 38.1 Å². The molecule has 2 aliphatic rings. The zero-order chi connectivity index (χ0) is 18.0. The van der Waals surface area contributed by atoms with Crippen LogP contribution in [0, 0.1) is 13.8 Å². The highest BCUT2D eigenvalue weighted by molar-refractivity contribution is 6.30. The van der Waals surface area contributed by atoms with Gasteiger partial charge in [-0.1, -0.05) is 16.6 Å². The quantitative estimate of drug-likeness (QED) is 0.733. The van der Waals surface area contributed by atoms with Gasteiger partial charge in [0.05, 0.1) is 0 Å². The van der Waals surface area contributed by atoms with Crippen molar-refractivity contribution in [1.29, 1.82) is 0 Å². The maximum Gasteiger partial charge on any atom is 0.407 e. The molecule has 2 aromatic rings. The first kappa shape index (κ1) is 15.8. The molecule has 0 spiro atoms.